The first-order valence-electron chi connectivity index (χ1n) is 6.83. The van der Waals surface area contributed by atoms with Gasteiger partial charge in [-0.3, -0.25) is 0 Å². The van der Waals surface area contributed by atoms with Gasteiger partial charge in [0.05, 0.1) is 10.7 Å². The smallest absolute Gasteiger partial charge is 0.223 e. The average Bonchev–Trinajstić information content (AvgIpc) is 2.98. The van der Waals surface area contributed by atoms with Gasteiger partial charge < -0.3 is 16.4 Å². The number of thioether (sulfide) groups is 1. The highest BCUT2D eigenvalue weighted by Gasteiger charge is 2.16. The number of nitrogens with zero attached hydrogens (tertiary/aromatic N) is 3. The lowest BCUT2D eigenvalue weighted by Crippen LogP contribution is -2.11. The summed E-state index contributed by atoms with van der Waals surface area (Å²) in [6, 6.07) is 3.97. The van der Waals surface area contributed by atoms with E-state index < -0.39 is 0 Å². The minimum atomic E-state index is 0.515. The summed E-state index contributed by atoms with van der Waals surface area (Å²) >= 11 is 1.52. The van der Waals surface area contributed by atoms with Crippen LogP contribution in [0.1, 0.15) is 25.5 Å². The Hall–Kier alpha value is -2.04. The Morgan fingerprint density at radius 2 is 2.43 bits per heavy atom. The quantitative estimate of drug-likeness (QED) is 0.546. The van der Waals surface area contributed by atoms with Crippen molar-refractivity contribution < 1.29 is 0 Å². The van der Waals surface area contributed by atoms with Crippen LogP contribution in [0.25, 0.3) is 5.57 Å². The number of nitriles is 1. The Labute approximate surface area is 128 Å². The molecule has 0 unspecified atom stereocenters. The van der Waals surface area contributed by atoms with E-state index in [1.807, 2.05) is 5.41 Å². The minimum Gasteiger partial charge on any atom is -0.354 e. The monoisotopic (exact) mass is 302 g/mol. The zero-order valence-corrected chi connectivity index (χ0v) is 12.7. The van der Waals surface area contributed by atoms with Crippen molar-refractivity contribution >= 4 is 23.3 Å². The Morgan fingerprint density at radius 3 is 3.10 bits per heavy atom. The van der Waals surface area contributed by atoms with Crippen molar-refractivity contribution in [3.8, 4) is 6.07 Å². The Kier molecular flexibility index (Phi) is 5.60. The molecule has 2 heterocycles. The van der Waals surface area contributed by atoms with Crippen LogP contribution in [0.5, 0.6) is 0 Å². The van der Waals surface area contributed by atoms with Crippen molar-refractivity contribution in [1.29, 1.82) is 5.26 Å². The van der Waals surface area contributed by atoms with Gasteiger partial charge >= 0.3 is 0 Å². The van der Waals surface area contributed by atoms with Gasteiger partial charge in [-0.2, -0.15) is 5.26 Å². The first-order valence-corrected chi connectivity index (χ1v) is 7.71. The van der Waals surface area contributed by atoms with Crippen LogP contribution in [0.2, 0.25) is 0 Å². The van der Waals surface area contributed by atoms with Gasteiger partial charge in [0, 0.05) is 18.4 Å². The van der Waals surface area contributed by atoms with E-state index in [-0.39, 0.29) is 0 Å². The predicted molar refractivity (Wildman–Crippen MR) is 85.8 cm³/mol. The molecule has 0 spiro atoms. The average molecular weight is 302 g/mol. The molecule has 1 aromatic heterocycles. The van der Waals surface area contributed by atoms with E-state index in [2.05, 4.69) is 33.6 Å². The van der Waals surface area contributed by atoms with Gasteiger partial charge in [-0.05, 0) is 30.9 Å². The van der Waals surface area contributed by atoms with Crippen LogP contribution < -0.4 is 16.4 Å². The molecule has 110 valence electrons. The van der Waals surface area contributed by atoms with E-state index in [0.717, 1.165) is 23.6 Å². The second kappa shape index (κ2) is 7.67. The lowest BCUT2D eigenvalue weighted by Gasteiger charge is -2.08. The highest BCUT2D eigenvalue weighted by molar-refractivity contribution is 8.06. The fourth-order valence-electron chi connectivity index (χ4n) is 1.74. The SMILES string of the molecule is CCC1=CS/C(=C(/C#N)c2ccnc(NCCCN)n2)N1. The maximum absolute atomic E-state index is 9.42. The van der Waals surface area contributed by atoms with Gasteiger partial charge in [-0.15, -0.1) is 0 Å². The van der Waals surface area contributed by atoms with Gasteiger partial charge in [-0.1, -0.05) is 18.7 Å². The largest absolute Gasteiger partial charge is 0.354 e. The van der Waals surface area contributed by atoms with Gasteiger partial charge in [0.15, 0.2) is 0 Å². The maximum Gasteiger partial charge on any atom is 0.223 e. The van der Waals surface area contributed by atoms with Crippen LogP contribution in [0, 0.1) is 11.3 Å². The third-order valence-corrected chi connectivity index (χ3v) is 3.83. The summed E-state index contributed by atoms with van der Waals surface area (Å²) in [5.41, 5.74) is 7.71. The van der Waals surface area contributed by atoms with Crippen LogP contribution in [0.15, 0.2) is 28.4 Å². The predicted octanol–water partition coefficient (Wildman–Crippen LogP) is 2.02. The Balaban J connectivity index is 2.18. The molecule has 0 radical (unpaired) electrons. The lowest BCUT2D eigenvalue weighted by atomic mass is 10.2. The van der Waals surface area contributed by atoms with Crippen LogP contribution in [0.3, 0.4) is 0 Å². The van der Waals surface area contributed by atoms with Crippen LogP contribution in [0.4, 0.5) is 5.95 Å². The van der Waals surface area contributed by atoms with E-state index in [0.29, 0.717) is 30.3 Å². The fourth-order valence-corrected chi connectivity index (χ4v) is 2.68. The molecular formula is C14H18N6S. The molecule has 7 heteroatoms. The summed E-state index contributed by atoms with van der Waals surface area (Å²) < 4.78 is 0. The topological polar surface area (TPSA) is 99.7 Å². The van der Waals surface area contributed by atoms with Crippen molar-refractivity contribution in [3.63, 3.8) is 0 Å². The van der Waals surface area contributed by atoms with Gasteiger partial charge in [0.25, 0.3) is 0 Å². The van der Waals surface area contributed by atoms with E-state index in [1.54, 1.807) is 12.3 Å². The molecule has 0 atom stereocenters. The number of hydrogen-bond donors (Lipinski definition) is 3. The molecule has 0 bridgehead atoms. The number of nitrogens with one attached hydrogen (secondary N) is 2. The molecule has 1 aliphatic rings. The summed E-state index contributed by atoms with van der Waals surface area (Å²) in [5.74, 6) is 0.515. The molecule has 0 saturated heterocycles. The second-order valence-corrected chi connectivity index (χ2v) is 5.27. The van der Waals surface area contributed by atoms with Crippen LogP contribution in [-0.4, -0.2) is 23.1 Å². The van der Waals surface area contributed by atoms with E-state index in [1.165, 1.54) is 11.8 Å². The van der Waals surface area contributed by atoms with Gasteiger partial charge in [-0.25, -0.2) is 9.97 Å². The molecular weight excluding hydrogens is 284 g/mol. The number of anilines is 1. The Bertz CT molecular complexity index is 602. The highest BCUT2D eigenvalue weighted by atomic mass is 32.2. The molecule has 6 nitrogen and oxygen atoms in total. The molecule has 0 saturated carbocycles. The van der Waals surface area contributed by atoms with Crippen molar-refractivity contribution in [2.45, 2.75) is 19.8 Å². The summed E-state index contributed by atoms with van der Waals surface area (Å²) in [6.07, 6.45) is 3.41. The number of aromatic nitrogens is 2. The summed E-state index contributed by atoms with van der Waals surface area (Å²) in [6.45, 7) is 3.40. The van der Waals surface area contributed by atoms with E-state index in [9.17, 15) is 5.26 Å². The first-order chi connectivity index (χ1) is 10.3. The second-order valence-electron chi connectivity index (χ2n) is 4.39. The first kappa shape index (κ1) is 15.4. The zero-order chi connectivity index (χ0) is 15.1. The van der Waals surface area contributed by atoms with Crippen molar-refractivity contribution in [3.05, 3.63) is 34.1 Å². The molecule has 1 aliphatic heterocycles. The summed E-state index contributed by atoms with van der Waals surface area (Å²) in [4.78, 5) is 8.54. The fraction of sp³-hybridized carbons (Fsp3) is 0.357. The van der Waals surface area contributed by atoms with Crippen LogP contribution >= 0.6 is 11.8 Å². The van der Waals surface area contributed by atoms with E-state index >= 15 is 0 Å². The molecule has 21 heavy (non-hydrogen) atoms. The van der Waals surface area contributed by atoms with Crippen molar-refractivity contribution in [1.82, 2.24) is 15.3 Å². The molecule has 0 amide bonds. The Morgan fingerprint density at radius 1 is 1.57 bits per heavy atom. The third kappa shape index (κ3) is 3.97. The van der Waals surface area contributed by atoms with Crippen molar-refractivity contribution in [2.75, 3.05) is 18.4 Å². The standard InChI is InChI=1S/C14H18N6S/c1-2-10-9-21-13(19-10)11(8-16)12-4-7-18-14(20-12)17-6-3-5-15/h4,7,9,19H,2-3,5-6,15H2,1H3,(H,17,18,20)/b13-11-. The number of nitrogens with two attached hydrogens (primary N) is 1. The molecule has 0 fully saturated rings. The molecule has 1 aromatic rings. The molecule has 4 N–H and O–H groups in total. The normalized spacial score (nSPS) is 16.0. The third-order valence-electron chi connectivity index (χ3n) is 2.89. The number of rotatable bonds is 6. The zero-order valence-electron chi connectivity index (χ0n) is 11.9. The highest BCUT2D eigenvalue weighted by Crippen LogP contribution is 2.31. The lowest BCUT2D eigenvalue weighted by molar-refractivity contribution is 0.863. The van der Waals surface area contributed by atoms with E-state index in [4.69, 9.17) is 5.73 Å². The number of hydrogen-bond acceptors (Lipinski definition) is 7. The van der Waals surface area contributed by atoms with Gasteiger partial charge in [0.2, 0.25) is 5.95 Å². The van der Waals surface area contributed by atoms with Gasteiger partial charge in [0.1, 0.15) is 11.6 Å². The van der Waals surface area contributed by atoms with Crippen molar-refractivity contribution in [2.24, 2.45) is 5.73 Å². The molecule has 0 aromatic carbocycles. The molecule has 2 rings (SSSR count). The summed E-state index contributed by atoms with van der Waals surface area (Å²) in [7, 11) is 0. The number of allylic oxidation sites excluding steroid dienone is 2. The summed E-state index contributed by atoms with van der Waals surface area (Å²) in [5, 5.41) is 18.6. The maximum atomic E-state index is 9.42. The minimum absolute atomic E-state index is 0.515. The van der Waals surface area contributed by atoms with Crippen LogP contribution in [-0.2, 0) is 0 Å². The molecule has 0 aliphatic carbocycles.